The molecule has 0 bridgehead atoms. The number of nitrogens with one attached hydrogen (secondary N) is 1. The number of nitro groups is 1. The van der Waals surface area contributed by atoms with Gasteiger partial charge >= 0.3 is 5.69 Å². The number of thioether (sulfide) groups is 1. The predicted molar refractivity (Wildman–Crippen MR) is 104 cm³/mol. The fraction of sp³-hybridized carbons (Fsp3) is 0.118. The number of amides is 1. The normalized spacial score (nSPS) is 10.7. The minimum Gasteiger partial charge on any atom is -0.325 e. The summed E-state index contributed by atoms with van der Waals surface area (Å²) in [5, 5.41) is 22.2. The summed E-state index contributed by atoms with van der Waals surface area (Å²) in [5.41, 5.74) is 1.10. The first-order valence-electron chi connectivity index (χ1n) is 7.88. The van der Waals surface area contributed by atoms with E-state index in [0.717, 1.165) is 35.1 Å². The zero-order valence-corrected chi connectivity index (χ0v) is 16.0. The van der Waals surface area contributed by atoms with Crippen LogP contribution in [0.5, 0.6) is 0 Å². The van der Waals surface area contributed by atoms with Gasteiger partial charge in [-0.1, -0.05) is 29.4 Å². The molecule has 1 amide bonds. The SMILES string of the molecule is Cc1ccc(-n2cnnc2SCC(=O)Nc2ccc(F)c([N+](=O)[O-])c2)cc1Cl. The zero-order chi connectivity index (χ0) is 20.3. The van der Waals surface area contributed by atoms with Crippen LogP contribution in [-0.4, -0.2) is 31.3 Å². The Morgan fingerprint density at radius 1 is 1.36 bits per heavy atom. The predicted octanol–water partition coefficient (Wildman–Crippen LogP) is 4.01. The molecule has 0 fully saturated rings. The second-order valence-electron chi connectivity index (χ2n) is 5.68. The summed E-state index contributed by atoms with van der Waals surface area (Å²) in [6.45, 7) is 1.89. The third-order valence-corrected chi connectivity index (χ3v) is 5.06. The molecule has 0 aliphatic heterocycles. The average molecular weight is 422 g/mol. The van der Waals surface area contributed by atoms with Crippen LogP contribution in [-0.2, 0) is 4.79 Å². The summed E-state index contributed by atoms with van der Waals surface area (Å²) in [6.07, 6.45) is 1.50. The highest BCUT2D eigenvalue weighted by molar-refractivity contribution is 7.99. The number of halogens is 2. The lowest BCUT2D eigenvalue weighted by molar-refractivity contribution is -0.387. The van der Waals surface area contributed by atoms with Crippen LogP contribution in [0.3, 0.4) is 0 Å². The molecule has 0 saturated carbocycles. The van der Waals surface area contributed by atoms with Crippen molar-refractivity contribution >= 4 is 40.6 Å². The van der Waals surface area contributed by atoms with Gasteiger partial charge in [0, 0.05) is 16.8 Å². The Balaban J connectivity index is 1.68. The van der Waals surface area contributed by atoms with Crippen molar-refractivity contribution in [1.82, 2.24) is 14.8 Å². The second-order valence-corrected chi connectivity index (χ2v) is 7.03. The Kier molecular flexibility index (Phi) is 5.90. The van der Waals surface area contributed by atoms with Gasteiger partial charge in [-0.2, -0.15) is 4.39 Å². The molecule has 144 valence electrons. The standard InChI is InChI=1S/C17H13ClFN5O3S/c1-10-2-4-12(7-13(10)18)23-9-20-22-17(23)28-8-16(25)21-11-3-5-14(19)15(6-11)24(26)27/h2-7,9H,8H2,1H3,(H,21,25). The van der Waals surface area contributed by atoms with Crippen molar-refractivity contribution in [3.8, 4) is 5.69 Å². The highest BCUT2D eigenvalue weighted by atomic mass is 35.5. The van der Waals surface area contributed by atoms with E-state index in [1.54, 1.807) is 10.6 Å². The smallest absolute Gasteiger partial charge is 0.306 e. The van der Waals surface area contributed by atoms with Crippen LogP contribution in [0.4, 0.5) is 15.8 Å². The summed E-state index contributed by atoms with van der Waals surface area (Å²) in [7, 11) is 0. The Morgan fingerprint density at radius 2 is 2.14 bits per heavy atom. The summed E-state index contributed by atoms with van der Waals surface area (Å²) in [4.78, 5) is 22.1. The van der Waals surface area contributed by atoms with Gasteiger partial charge in [-0.3, -0.25) is 19.5 Å². The van der Waals surface area contributed by atoms with Crippen LogP contribution in [0.2, 0.25) is 5.02 Å². The molecule has 28 heavy (non-hydrogen) atoms. The lowest BCUT2D eigenvalue weighted by atomic mass is 10.2. The van der Waals surface area contributed by atoms with Crippen molar-refractivity contribution in [2.75, 3.05) is 11.1 Å². The van der Waals surface area contributed by atoms with Crippen molar-refractivity contribution in [2.45, 2.75) is 12.1 Å². The molecule has 0 aliphatic carbocycles. The minimum atomic E-state index is -0.970. The van der Waals surface area contributed by atoms with E-state index in [-0.39, 0.29) is 11.4 Å². The molecule has 0 atom stereocenters. The topological polar surface area (TPSA) is 103 Å². The van der Waals surface area contributed by atoms with Gasteiger partial charge < -0.3 is 5.32 Å². The van der Waals surface area contributed by atoms with Gasteiger partial charge in [0.05, 0.1) is 16.4 Å². The largest absolute Gasteiger partial charge is 0.325 e. The van der Waals surface area contributed by atoms with Crippen molar-refractivity contribution < 1.29 is 14.1 Å². The van der Waals surface area contributed by atoms with Crippen LogP contribution in [0, 0.1) is 22.9 Å². The van der Waals surface area contributed by atoms with Crippen molar-refractivity contribution in [3.63, 3.8) is 0 Å². The number of hydrogen-bond acceptors (Lipinski definition) is 6. The molecule has 0 unspecified atom stereocenters. The van der Waals surface area contributed by atoms with Crippen LogP contribution in [0.1, 0.15) is 5.56 Å². The molecule has 0 spiro atoms. The van der Waals surface area contributed by atoms with Gasteiger partial charge in [0.25, 0.3) is 0 Å². The number of aryl methyl sites for hydroxylation is 1. The van der Waals surface area contributed by atoms with E-state index in [1.807, 2.05) is 19.1 Å². The minimum absolute atomic E-state index is 0.0243. The van der Waals surface area contributed by atoms with E-state index in [2.05, 4.69) is 15.5 Å². The number of carbonyl (C=O) groups is 1. The maximum absolute atomic E-state index is 13.4. The monoisotopic (exact) mass is 421 g/mol. The molecule has 1 heterocycles. The number of hydrogen-bond donors (Lipinski definition) is 1. The van der Waals surface area contributed by atoms with Gasteiger partial charge in [-0.15, -0.1) is 10.2 Å². The fourth-order valence-electron chi connectivity index (χ4n) is 2.29. The first-order valence-corrected chi connectivity index (χ1v) is 9.24. The van der Waals surface area contributed by atoms with Crippen LogP contribution < -0.4 is 5.32 Å². The fourth-order valence-corrected chi connectivity index (χ4v) is 3.19. The Hall–Kier alpha value is -2.98. The lowest BCUT2D eigenvalue weighted by Crippen LogP contribution is -2.14. The average Bonchev–Trinajstić information content (AvgIpc) is 3.12. The van der Waals surface area contributed by atoms with E-state index in [0.29, 0.717) is 10.2 Å². The molecule has 11 heteroatoms. The van der Waals surface area contributed by atoms with E-state index < -0.39 is 22.3 Å². The molecular formula is C17H13ClFN5O3S. The van der Waals surface area contributed by atoms with Gasteiger partial charge in [0.2, 0.25) is 11.7 Å². The number of nitro benzene ring substituents is 1. The molecule has 0 saturated heterocycles. The molecule has 3 rings (SSSR count). The molecular weight excluding hydrogens is 409 g/mol. The third kappa shape index (κ3) is 4.46. The van der Waals surface area contributed by atoms with Crippen molar-refractivity contribution in [2.24, 2.45) is 0 Å². The Labute approximate surface area is 167 Å². The van der Waals surface area contributed by atoms with Gasteiger partial charge in [0.15, 0.2) is 5.16 Å². The molecule has 0 radical (unpaired) electrons. The van der Waals surface area contributed by atoms with E-state index in [9.17, 15) is 19.3 Å². The summed E-state index contributed by atoms with van der Waals surface area (Å²) in [6, 6.07) is 8.63. The maximum Gasteiger partial charge on any atom is 0.306 e. The van der Waals surface area contributed by atoms with Crippen LogP contribution >= 0.6 is 23.4 Å². The van der Waals surface area contributed by atoms with E-state index in [1.165, 1.54) is 12.4 Å². The number of nitrogens with zero attached hydrogens (tertiary/aromatic N) is 4. The molecule has 1 N–H and O–H groups in total. The van der Waals surface area contributed by atoms with Crippen LogP contribution in [0.15, 0.2) is 47.9 Å². The van der Waals surface area contributed by atoms with Crippen molar-refractivity contribution in [3.05, 3.63) is 69.2 Å². The van der Waals surface area contributed by atoms with E-state index >= 15 is 0 Å². The van der Waals surface area contributed by atoms with E-state index in [4.69, 9.17) is 11.6 Å². The molecule has 1 aromatic heterocycles. The van der Waals surface area contributed by atoms with Gasteiger partial charge in [-0.25, -0.2) is 0 Å². The summed E-state index contributed by atoms with van der Waals surface area (Å²) in [5.74, 6) is -1.42. The number of carbonyl (C=O) groups excluding carboxylic acids is 1. The first kappa shape index (κ1) is 19.8. The maximum atomic E-state index is 13.4. The molecule has 8 nitrogen and oxygen atoms in total. The highest BCUT2D eigenvalue weighted by Crippen LogP contribution is 2.25. The second kappa shape index (κ2) is 8.36. The van der Waals surface area contributed by atoms with Crippen molar-refractivity contribution in [1.29, 1.82) is 0 Å². The molecule has 2 aromatic carbocycles. The number of rotatable bonds is 6. The molecule has 3 aromatic rings. The van der Waals surface area contributed by atoms with Crippen LogP contribution in [0.25, 0.3) is 5.69 Å². The lowest BCUT2D eigenvalue weighted by Gasteiger charge is -2.08. The third-order valence-electron chi connectivity index (χ3n) is 3.71. The number of anilines is 1. The number of aromatic nitrogens is 3. The highest BCUT2D eigenvalue weighted by Gasteiger charge is 2.16. The first-order chi connectivity index (χ1) is 13.3. The Morgan fingerprint density at radius 3 is 2.86 bits per heavy atom. The Bertz CT molecular complexity index is 1060. The summed E-state index contributed by atoms with van der Waals surface area (Å²) >= 11 is 7.27. The zero-order valence-electron chi connectivity index (χ0n) is 14.4. The van der Waals surface area contributed by atoms with Gasteiger partial charge in [0.1, 0.15) is 6.33 Å². The summed E-state index contributed by atoms with van der Waals surface area (Å²) < 4.78 is 15.1. The quantitative estimate of drug-likeness (QED) is 0.366. The van der Waals surface area contributed by atoms with Gasteiger partial charge in [-0.05, 0) is 36.8 Å². The molecule has 0 aliphatic rings. The number of benzene rings is 2.